The molecule has 3 aromatic heterocycles. The number of hydrogen-bond donors (Lipinski definition) is 3. The predicted octanol–water partition coefficient (Wildman–Crippen LogP) is 5.60. The van der Waals surface area contributed by atoms with E-state index >= 15 is 8.78 Å². The van der Waals surface area contributed by atoms with E-state index in [4.69, 9.17) is 10.1 Å². The first-order valence-electron chi connectivity index (χ1n) is 14.3. The topological polar surface area (TPSA) is 136 Å². The largest absolute Gasteiger partial charge is 0.360 e. The van der Waals surface area contributed by atoms with Crippen molar-refractivity contribution in [3.63, 3.8) is 0 Å². The Labute approximate surface area is 262 Å². The Balaban J connectivity index is 1.30. The number of halogens is 6. The van der Waals surface area contributed by atoms with Gasteiger partial charge in [-0.1, -0.05) is 12.1 Å². The highest BCUT2D eigenvalue weighted by Gasteiger charge is 2.67. The molecule has 1 saturated carbocycles. The zero-order chi connectivity index (χ0) is 33.4. The van der Waals surface area contributed by atoms with E-state index in [0.29, 0.717) is 32.9 Å². The third-order valence-corrected chi connectivity index (χ3v) is 9.47. The molecule has 2 aliphatic carbocycles. The first-order chi connectivity index (χ1) is 22.2. The van der Waals surface area contributed by atoms with Crippen molar-refractivity contribution in [3.8, 4) is 11.1 Å². The summed E-state index contributed by atoms with van der Waals surface area (Å²) in [6, 6.07) is 10.4. The van der Waals surface area contributed by atoms with Gasteiger partial charge in [0.2, 0.25) is 15.9 Å². The number of nitrogens with one attached hydrogen (secondary N) is 2. The van der Waals surface area contributed by atoms with Crippen LogP contribution in [0.25, 0.3) is 22.2 Å². The lowest BCUT2D eigenvalue weighted by atomic mass is 9.95. The fourth-order valence-electron chi connectivity index (χ4n) is 6.45. The average molecular weight is 675 g/mol. The summed E-state index contributed by atoms with van der Waals surface area (Å²) in [5.41, 5.74) is 0.411. The SMILES string of the molecule is NS(=O)(=O)c1ccc(-c2cc3[nH]ccc3nc2[C@@H](Cc2cc(F)cc(F)c2)NC(=O)Cn2nc(C(F)F)c3c2C(F)(F)[C@@H]2C[C@H]32)cc1. The maximum atomic E-state index is 15.1. The van der Waals surface area contributed by atoms with Gasteiger partial charge < -0.3 is 10.3 Å². The van der Waals surface area contributed by atoms with Gasteiger partial charge in [-0.3, -0.25) is 9.48 Å². The Morgan fingerprint density at radius 2 is 1.77 bits per heavy atom. The van der Waals surface area contributed by atoms with Crippen LogP contribution in [-0.2, 0) is 33.7 Å². The zero-order valence-electron chi connectivity index (χ0n) is 24.0. The van der Waals surface area contributed by atoms with E-state index in [-0.39, 0.29) is 34.6 Å². The number of sulfonamides is 1. The monoisotopic (exact) mass is 674 g/mol. The summed E-state index contributed by atoms with van der Waals surface area (Å²) in [7, 11) is -4.02. The molecule has 0 saturated heterocycles. The average Bonchev–Trinajstić information content (AvgIpc) is 3.40. The first-order valence-corrected chi connectivity index (χ1v) is 15.9. The van der Waals surface area contributed by atoms with Crippen LogP contribution in [0.2, 0.25) is 0 Å². The van der Waals surface area contributed by atoms with Crippen molar-refractivity contribution < 1.29 is 39.6 Å². The smallest absolute Gasteiger partial charge is 0.293 e. The van der Waals surface area contributed by atoms with E-state index < -0.39 is 75.7 Å². The van der Waals surface area contributed by atoms with E-state index in [0.717, 1.165) is 12.1 Å². The van der Waals surface area contributed by atoms with Gasteiger partial charge in [0.25, 0.3) is 12.3 Å². The molecule has 0 bridgehead atoms. The molecule has 4 N–H and O–H groups in total. The number of aromatic nitrogens is 4. The Hall–Kier alpha value is -4.70. The van der Waals surface area contributed by atoms with Gasteiger partial charge in [-0.25, -0.2) is 36.1 Å². The van der Waals surface area contributed by atoms with Crippen molar-refractivity contribution >= 4 is 27.0 Å². The lowest BCUT2D eigenvalue weighted by molar-refractivity contribution is -0.123. The molecule has 2 aliphatic rings. The highest BCUT2D eigenvalue weighted by Crippen LogP contribution is 2.68. The minimum Gasteiger partial charge on any atom is -0.360 e. The summed E-state index contributed by atoms with van der Waals surface area (Å²) in [4.78, 5) is 21.1. The number of carbonyl (C=O) groups excluding carboxylic acids is 1. The minimum atomic E-state index is -4.02. The van der Waals surface area contributed by atoms with Gasteiger partial charge in [0.1, 0.15) is 29.6 Å². The summed E-state index contributed by atoms with van der Waals surface area (Å²) in [5.74, 6) is -8.00. The van der Waals surface area contributed by atoms with Gasteiger partial charge in [0.05, 0.1) is 27.7 Å². The lowest BCUT2D eigenvalue weighted by Gasteiger charge is -2.23. The quantitative estimate of drug-likeness (QED) is 0.175. The highest BCUT2D eigenvalue weighted by atomic mass is 32.2. The van der Waals surface area contributed by atoms with Crippen LogP contribution >= 0.6 is 0 Å². The number of pyridine rings is 1. The van der Waals surface area contributed by atoms with Crippen LogP contribution in [0.1, 0.15) is 53.0 Å². The number of hydrogen-bond acceptors (Lipinski definition) is 5. The molecular weight excluding hydrogens is 650 g/mol. The molecule has 16 heteroatoms. The third-order valence-electron chi connectivity index (χ3n) is 8.54. The second kappa shape index (κ2) is 10.9. The molecule has 1 fully saturated rings. The van der Waals surface area contributed by atoms with Crippen LogP contribution in [0.5, 0.6) is 0 Å². The Bertz CT molecular complexity index is 2150. The van der Waals surface area contributed by atoms with Crippen LogP contribution in [0.4, 0.5) is 26.3 Å². The van der Waals surface area contributed by atoms with Crippen molar-refractivity contribution in [2.75, 3.05) is 0 Å². The predicted molar refractivity (Wildman–Crippen MR) is 156 cm³/mol. The van der Waals surface area contributed by atoms with Crippen LogP contribution in [-0.4, -0.2) is 34.1 Å². The number of fused-ring (bicyclic) bond motifs is 4. The number of benzene rings is 2. The van der Waals surface area contributed by atoms with E-state index in [1.807, 2.05) is 0 Å². The van der Waals surface area contributed by atoms with Crippen LogP contribution in [0, 0.1) is 17.6 Å². The van der Waals surface area contributed by atoms with Crippen molar-refractivity contribution in [2.45, 2.75) is 48.6 Å². The molecule has 244 valence electrons. The van der Waals surface area contributed by atoms with E-state index in [9.17, 15) is 30.8 Å². The first kappa shape index (κ1) is 30.9. The zero-order valence-corrected chi connectivity index (χ0v) is 24.8. The van der Waals surface area contributed by atoms with Crippen LogP contribution < -0.4 is 10.5 Å². The number of H-pyrrole nitrogens is 1. The fourth-order valence-corrected chi connectivity index (χ4v) is 6.97. The molecule has 0 unspecified atom stereocenters. The second-order valence-electron chi connectivity index (χ2n) is 11.7. The van der Waals surface area contributed by atoms with E-state index in [2.05, 4.69) is 15.4 Å². The normalized spacial score (nSPS) is 18.7. The van der Waals surface area contributed by atoms with Gasteiger partial charge in [-0.15, -0.1) is 0 Å². The van der Waals surface area contributed by atoms with Gasteiger partial charge in [0, 0.05) is 29.3 Å². The summed E-state index contributed by atoms with van der Waals surface area (Å²) in [5, 5.41) is 11.6. The van der Waals surface area contributed by atoms with Crippen molar-refractivity contribution in [1.82, 2.24) is 25.1 Å². The Morgan fingerprint density at radius 3 is 2.43 bits per heavy atom. The third kappa shape index (κ3) is 5.54. The Morgan fingerprint density at radius 1 is 1.06 bits per heavy atom. The summed E-state index contributed by atoms with van der Waals surface area (Å²) < 4.78 is 111. The van der Waals surface area contributed by atoms with Crippen LogP contribution in [0.15, 0.2) is 65.7 Å². The molecular formula is C31H24F6N6O3S. The van der Waals surface area contributed by atoms with Gasteiger partial charge in [-0.2, -0.15) is 13.9 Å². The molecule has 2 aromatic carbocycles. The number of aromatic amines is 1. The van der Waals surface area contributed by atoms with E-state index in [1.165, 1.54) is 24.3 Å². The lowest BCUT2D eigenvalue weighted by Crippen LogP contribution is -2.35. The number of alkyl halides is 4. The van der Waals surface area contributed by atoms with Gasteiger partial charge >= 0.3 is 0 Å². The highest BCUT2D eigenvalue weighted by molar-refractivity contribution is 7.89. The Kier molecular flexibility index (Phi) is 7.20. The molecule has 3 heterocycles. The van der Waals surface area contributed by atoms with E-state index in [1.54, 1.807) is 18.3 Å². The van der Waals surface area contributed by atoms with Crippen molar-refractivity contribution in [1.29, 1.82) is 0 Å². The molecule has 0 aliphatic heterocycles. The molecule has 9 nitrogen and oxygen atoms in total. The maximum Gasteiger partial charge on any atom is 0.293 e. The number of primary sulfonamides is 1. The summed E-state index contributed by atoms with van der Waals surface area (Å²) in [6.07, 6.45) is -1.70. The van der Waals surface area contributed by atoms with Gasteiger partial charge in [0.15, 0.2) is 0 Å². The minimum absolute atomic E-state index is 0.0537. The summed E-state index contributed by atoms with van der Waals surface area (Å²) >= 11 is 0. The molecule has 0 radical (unpaired) electrons. The van der Waals surface area contributed by atoms with Crippen LogP contribution in [0.3, 0.4) is 0 Å². The molecule has 5 aromatic rings. The number of carbonyl (C=O) groups is 1. The molecule has 1 amide bonds. The molecule has 3 atom stereocenters. The molecule has 47 heavy (non-hydrogen) atoms. The second-order valence-corrected chi connectivity index (χ2v) is 13.2. The molecule has 0 spiro atoms. The van der Waals surface area contributed by atoms with Gasteiger partial charge in [-0.05, 0) is 66.3 Å². The number of amides is 1. The van der Waals surface area contributed by atoms with Crippen molar-refractivity contribution in [2.24, 2.45) is 11.1 Å². The number of rotatable bonds is 9. The standard InChI is InChI=1S/C31H24F6N6O3S/c32-16-7-14(8-17(33)10-16)9-24(40-25(44)13-43-29-26(28(42-43)30(34)35)20-11-21(20)31(29,36)37)27-19(12-23-22(41-27)5-6-39-23)15-1-3-18(4-2-15)47(38,45)46/h1-8,10,12,20-21,24,30,39H,9,11,13H2,(H,40,44)(H2,38,45,46)/t20-,21+,24+/m0/s1. The number of nitrogens with zero attached hydrogens (tertiary/aromatic N) is 3. The maximum absolute atomic E-state index is 15.1. The fraction of sp³-hybridized carbons (Fsp3) is 0.258. The number of nitrogens with two attached hydrogens (primary N) is 1. The summed E-state index contributed by atoms with van der Waals surface area (Å²) in [6.45, 7) is -0.844. The van der Waals surface area contributed by atoms with Crippen molar-refractivity contribution in [3.05, 3.63) is 101 Å². The molecule has 7 rings (SSSR count).